The van der Waals surface area contributed by atoms with Gasteiger partial charge in [-0.3, -0.25) is 4.79 Å². The van der Waals surface area contributed by atoms with Crippen molar-refractivity contribution in [3.05, 3.63) is 40.6 Å². The van der Waals surface area contributed by atoms with E-state index in [2.05, 4.69) is 9.55 Å². The van der Waals surface area contributed by atoms with Crippen LogP contribution in [0.4, 0.5) is 0 Å². The molecule has 22 heavy (non-hydrogen) atoms. The largest absolute Gasteiger partial charge is 0.381 e. The molecule has 1 atom stereocenters. The predicted molar refractivity (Wildman–Crippen MR) is 85.7 cm³/mol. The predicted octanol–water partition coefficient (Wildman–Crippen LogP) is 2.18. The fourth-order valence-corrected chi connectivity index (χ4v) is 3.50. The van der Waals surface area contributed by atoms with E-state index < -0.39 is 0 Å². The highest BCUT2D eigenvalue weighted by Crippen LogP contribution is 2.19. The van der Waals surface area contributed by atoms with Crippen LogP contribution >= 0.6 is 11.3 Å². The smallest absolute Gasteiger partial charge is 0.228 e. The number of fused-ring (bicyclic) bond motifs is 1. The first-order valence-electron chi connectivity index (χ1n) is 7.63. The van der Waals surface area contributed by atoms with E-state index in [1.54, 1.807) is 11.3 Å². The van der Waals surface area contributed by atoms with Crippen LogP contribution < -0.4 is 0 Å². The van der Waals surface area contributed by atoms with Crippen LogP contribution in [0.25, 0.3) is 0 Å². The molecule has 0 aliphatic carbocycles. The van der Waals surface area contributed by atoms with Crippen LogP contribution in [-0.4, -0.2) is 40.1 Å². The fraction of sp³-hybridized carbons (Fsp3) is 0.500. The molecule has 3 rings (SSSR count). The van der Waals surface area contributed by atoms with E-state index in [1.165, 1.54) is 0 Å². The number of nitrogens with zero attached hydrogens (tertiary/aromatic N) is 3. The third kappa shape index (κ3) is 3.56. The van der Waals surface area contributed by atoms with E-state index in [9.17, 15) is 4.79 Å². The molecule has 0 saturated carbocycles. The average Bonchev–Trinajstić information content (AvgIpc) is 3.13. The maximum absolute atomic E-state index is 12.6. The maximum Gasteiger partial charge on any atom is 0.228 e. The van der Waals surface area contributed by atoms with Gasteiger partial charge in [0.2, 0.25) is 5.91 Å². The van der Waals surface area contributed by atoms with Crippen molar-refractivity contribution in [3.8, 4) is 0 Å². The molecule has 2 aromatic heterocycles. The van der Waals surface area contributed by atoms with Crippen LogP contribution in [0.2, 0.25) is 0 Å². The van der Waals surface area contributed by atoms with Crippen LogP contribution in [0.1, 0.15) is 17.5 Å². The normalized spacial score (nSPS) is 18.0. The Bertz CT molecular complexity index is 609. The van der Waals surface area contributed by atoms with Crippen LogP contribution in [0.3, 0.4) is 0 Å². The van der Waals surface area contributed by atoms with Crippen molar-refractivity contribution in [1.29, 1.82) is 0 Å². The van der Waals surface area contributed by atoms with Crippen molar-refractivity contribution < 1.29 is 9.53 Å². The highest BCUT2D eigenvalue weighted by atomic mass is 32.1. The Morgan fingerprint density at radius 3 is 3.18 bits per heavy atom. The van der Waals surface area contributed by atoms with Crippen molar-refractivity contribution in [2.75, 3.05) is 19.8 Å². The minimum Gasteiger partial charge on any atom is -0.381 e. The summed E-state index contributed by atoms with van der Waals surface area (Å²) in [5.41, 5.74) is 1.10. The monoisotopic (exact) mass is 319 g/mol. The lowest BCUT2D eigenvalue weighted by Crippen LogP contribution is -2.36. The number of carbonyl (C=O) groups excluding carboxylic acids is 1. The van der Waals surface area contributed by atoms with Gasteiger partial charge in [0.1, 0.15) is 0 Å². The van der Waals surface area contributed by atoms with Crippen LogP contribution in [0.15, 0.2) is 30.0 Å². The number of hydrogen-bond acceptors (Lipinski definition) is 4. The van der Waals surface area contributed by atoms with Gasteiger partial charge in [0.25, 0.3) is 0 Å². The van der Waals surface area contributed by atoms with Gasteiger partial charge in [-0.05, 0) is 18.4 Å². The Morgan fingerprint density at radius 1 is 1.50 bits per heavy atom. The maximum atomic E-state index is 12.6. The summed E-state index contributed by atoms with van der Waals surface area (Å²) in [4.78, 5) is 19.9. The summed E-state index contributed by atoms with van der Waals surface area (Å²) in [5, 5.41) is 2.01. The molecule has 3 heterocycles. The van der Waals surface area contributed by atoms with Gasteiger partial charge in [-0.25, -0.2) is 4.98 Å². The van der Waals surface area contributed by atoms with Gasteiger partial charge in [-0.2, -0.15) is 0 Å². The summed E-state index contributed by atoms with van der Waals surface area (Å²) in [7, 11) is 0. The molecule has 0 aromatic carbocycles. The molecule has 1 aliphatic heterocycles. The fourth-order valence-electron chi connectivity index (χ4n) is 2.81. The molecule has 5 nitrogen and oxygen atoms in total. The summed E-state index contributed by atoms with van der Waals surface area (Å²) in [6.45, 7) is 5.61. The van der Waals surface area contributed by atoms with Gasteiger partial charge < -0.3 is 14.2 Å². The summed E-state index contributed by atoms with van der Waals surface area (Å²) < 4.78 is 7.73. The lowest BCUT2D eigenvalue weighted by molar-refractivity contribution is -0.131. The third-order valence-electron chi connectivity index (χ3n) is 3.90. The van der Waals surface area contributed by atoms with Crippen molar-refractivity contribution >= 4 is 17.2 Å². The Morgan fingerprint density at radius 2 is 2.41 bits per heavy atom. The molecule has 0 fully saturated rings. The standard InChI is InChI=1S/C16H21N3O2S/c1-2-21-11-13-8-18(10-14-7-17-12-19(14)9-13)16(20)6-15-4-3-5-22-15/h3-5,7,12-13H,2,6,8-11H2,1H3/t13-/m0/s1. The van der Waals surface area contributed by atoms with Crippen molar-refractivity contribution in [2.45, 2.75) is 26.4 Å². The SMILES string of the molecule is CCOC[C@H]1CN(C(=O)Cc2cccs2)Cc2cncn2C1. The second-order valence-electron chi connectivity index (χ2n) is 5.59. The number of thiophene rings is 1. The van der Waals surface area contributed by atoms with E-state index in [1.807, 2.05) is 41.9 Å². The Labute approximate surface area is 134 Å². The molecule has 1 amide bonds. The zero-order valence-corrected chi connectivity index (χ0v) is 13.6. The van der Waals surface area contributed by atoms with Gasteiger partial charge >= 0.3 is 0 Å². The molecule has 0 spiro atoms. The molecule has 118 valence electrons. The topological polar surface area (TPSA) is 47.4 Å². The van der Waals surface area contributed by atoms with E-state index in [4.69, 9.17) is 4.74 Å². The quantitative estimate of drug-likeness (QED) is 0.849. The minimum atomic E-state index is 0.179. The number of hydrogen-bond donors (Lipinski definition) is 0. The lowest BCUT2D eigenvalue weighted by Gasteiger charge is -2.24. The number of carbonyl (C=O) groups is 1. The Balaban J connectivity index is 1.73. The first-order chi connectivity index (χ1) is 10.8. The van der Waals surface area contributed by atoms with E-state index in [0.29, 0.717) is 32.1 Å². The van der Waals surface area contributed by atoms with Crippen LogP contribution in [0.5, 0.6) is 0 Å². The van der Waals surface area contributed by atoms with Crippen LogP contribution in [0, 0.1) is 5.92 Å². The molecule has 6 heteroatoms. The van der Waals surface area contributed by atoms with E-state index in [0.717, 1.165) is 23.7 Å². The molecule has 0 N–H and O–H groups in total. The Kier molecular flexibility index (Phi) is 4.90. The molecule has 0 radical (unpaired) electrons. The number of amides is 1. The van der Waals surface area contributed by atoms with E-state index in [-0.39, 0.29) is 5.91 Å². The molecule has 1 aliphatic rings. The first-order valence-corrected chi connectivity index (χ1v) is 8.51. The second-order valence-corrected chi connectivity index (χ2v) is 6.63. The first kappa shape index (κ1) is 15.2. The zero-order chi connectivity index (χ0) is 15.4. The molecule has 0 bridgehead atoms. The summed E-state index contributed by atoms with van der Waals surface area (Å²) in [6, 6.07) is 4.00. The number of imidazole rings is 1. The van der Waals surface area contributed by atoms with Gasteiger partial charge in [-0.1, -0.05) is 6.07 Å². The highest BCUT2D eigenvalue weighted by molar-refractivity contribution is 7.10. The van der Waals surface area contributed by atoms with Gasteiger partial charge in [-0.15, -0.1) is 11.3 Å². The number of aromatic nitrogens is 2. The van der Waals surface area contributed by atoms with Gasteiger partial charge in [0.15, 0.2) is 0 Å². The zero-order valence-electron chi connectivity index (χ0n) is 12.8. The van der Waals surface area contributed by atoms with Gasteiger partial charge in [0, 0.05) is 36.7 Å². The minimum absolute atomic E-state index is 0.179. The van der Waals surface area contributed by atoms with Crippen LogP contribution in [-0.2, 0) is 29.0 Å². The highest BCUT2D eigenvalue weighted by Gasteiger charge is 2.25. The molecular formula is C16H21N3O2S. The molecule has 0 saturated heterocycles. The third-order valence-corrected chi connectivity index (χ3v) is 4.78. The number of ether oxygens (including phenoxy) is 1. The average molecular weight is 319 g/mol. The van der Waals surface area contributed by atoms with E-state index >= 15 is 0 Å². The summed E-state index contributed by atoms with van der Waals surface area (Å²) in [6.07, 6.45) is 4.18. The lowest BCUT2D eigenvalue weighted by atomic mass is 10.1. The van der Waals surface area contributed by atoms with Crippen molar-refractivity contribution in [1.82, 2.24) is 14.5 Å². The number of rotatable bonds is 5. The van der Waals surface area contributed by atoms with Crippen molar-refractivity contribution in [2.24, 2.45) is 5.92 Å². The van der Waals surface area contributed by atoms with Gasteiger partial charge in [0.05, 0.1) is 31.6 Å². The van der Waals surface area contributed by atoms with Crippen molar-refractivity contribution in [3.63, 3.8) is 0 Å². The second kappa shape index (κ2) is 7.07. The summed E-state index contributed by atoms with van der Waals surface area (Å²) in [5.74, 6) is 0.487. The summed E-state index contributed by atoms with van der Waals surface area (Å²) >= 11 is 1.63. The molecule has 0 unspecified atom stereocenters. The molecule has 2 aromatic rings. The molecular weight excluding hydrogens is 298 g/mol. The Hall–Kier alpha value is -1.66.